The first kappa shape index (κ1) is 13.4. The van der Waals surface area contributed by atoms with Gasteiger partial charge in [-0.25, -0.2) is 13.6 Å². The van der Waals surface area contributed by atoms with E-state index in [2.05, 4.69) is 5.32 Å². The topological polar surface area (TPSA) is 49.4 Å². The molecule has 106 valence electrons. The molecule has 0 aromatic heterocycles. The summed E-state index contributed by atoms with van der Waals surface area (Å²) in [5, 5.41) is 2.68. The Kier molecular flexibility index (Phi) is 3.16. The highest BCUT2D eigenvalue weighted by molar-refractivity contribution is 7.99. The number of hydrogen-bond acceptors (Lipinski definition) is 3. The Morgan fingerprint density at radius 2 is 2.15 bits per heavy atom. The van der Waals surface area contributed by atoms with Gasteiger partial charge >= 0.3 is 6.03 Å². The fraction of sp³-hybridized carbons (Fsp3) is 0.385. The van der Waals surface area contributed by atoms with E-state index in [4.69, 9.17) is 0 Å². The molecule has 1 spiro atoms. The molecule has 2 fully saturated rings. The van der Waals surface area contributed by atoms with Crippen molar-refractivity contribution in [3.8, 4) is 0 Å². The largest absolute Gasteiger partial charge is 0.325 e. The fourth-order valence-electron chi connectivity index (χ4n) is 2.49. The second-order valence-corrected chi connectivity index (χ2v) is 6.02. The monoisotopic (exact) mass is 298 g/mol. The Balaban J connectivity index is 1.86. The average Bonchev–Trinajstić information content (AvgIpc) is 2.96. The lowest BCUT2D eigenvalue weighted by atomic mass is 9.99. The first-order valence-electron chi connectivity index (χ1n) is 6.18. The number of carbonyl (C=O) groups excluding carboxylic acids is 2. The smallest absolute Gasteiger partial charge is 0.322 e. The summed E-state index contributed by atoms with van der Waals surface area (Å²) in [5.41, 5.74) is -0.859. The first-order valence-corrected chi connectivity index (χ1v) is 7.34. The second kappa shape index (κ2) is 4.73. The van der Waals surface area contributed by atoms with E-state index in [1.807, 2.05) is 0 Å². The summed E-state index contributed by atoms with van der Waals surface area (Å²) < 4.78 is 26.8. The van der Waals surface area contributed by atoms with Gasteiger partial charge in [-0.05, 0) is 18.2 Å². The third kappa shape index (κ3) is 1.96. The molecule has 7 heteroatoms. The molecule has 1 aromatic rings. The van der Waals surface area contributed by atoms with Crippen LogP contribution in [0.3, 0.4) is 0 Å². The number of benzene rings is 1. The van der Waals surface area contributed by atoms with Crippen LogP contribution in [0.2, 0.25) is 0 Å². The van der Waals surface area contributed by atoms with Gasteiger partial charge in [-0.3, -0.25) is 9.69 Å². The Morgan fingerprint density at radius 1 is 1.35 bits per heavy atom. The van der Waals surface area contributed by atoms with Crippen LogP contribution in [0.1, 0.15) is 12.0 Å². The number of thioether (sulfide) groups is 1. The van der Waals surface area contributed by atoms with Crippen LogP contribution in [0, 0.1) is 11.6 Å². The van der Waals surface area contributed by atoms with E-state index >= 15 is 0 Å². The molecule has 2 aliphatic rings. The molecule has 1 unspecified atom stereocenters. The SMILES string of the molecule is O=C1NC2(CCSC2)C(=O)N1Cc1cccc(F)c1F. The molecule has 0 bridgehead atoms. The standard InChI is InChI=1S/C13H12F2N2O2S/c14-9-3-1-2-8(10(9)15)6-17-11(18)13(16-12(17)19)4-5-20-7-13/h1-3H,4-7H2,(H,16,19). The van der Waals surface area contributed by atoms with E-state index in [0.29, 0.717) is 12.2 Å². The van der Waals surface area contributed by atoms with Crippen LogP contribution >= 0.6 is 11.8 Å². The molecule has 1 atom stereocenters. The predicted octanol–water partition coefficient (Wildman–Crippen LogP) is 1.89. The number of urea groups is 1. The maximum Gasteiger partial charge on any atom is 0.325 e. The summed E-state index contributed by atoms with van der Waals surface area (Å²) in [6, 6.07) is 3.18. The van der Waals surface area contributed by atoms with Gasteiger partial charge in [-0.2, -0.15) is 11.8 Å². The van der Waals surface area contributed by atoms with Gasteiger partial charge in [0.05, 0.1) is 6.54 Å². The van der Waals surface area contributed by atoms with Crippen LogP contribution in [0.25, 0.3) is 0 Å². The second-order valence-electron chi connectivity index (χ2n) is 4.92. The van der Waals surface area contributed by atoms with E-state index < -0.39 is 23.2 Å². The quantitative estimate of drug-likeness (QED) is 0.848. The van der Waals surface area contributed by atoms with Crippen LogP contribution < -0.4 is 5.32 Å². The van der Waals surface area contributed by atoms with E-state index in [1.165, 1.54) is 12.1 Å². The number of carbonyl (C=O) groups is 2. The molecule has 1 aromatic carbocycles. The normalized spacial score (nSPS) is 25.6. The van der Waals surface area contributed by atoms with Gasteiger partial charge in [0.2, 0.25) is 0 Å². The van der Waals surface area contributed by atoms with Crippen molar-refractivity contribution in [1.82, 2.24) is 10.2 Å². The molecular formula is C13H12F2N2O2S. The molecule has 20 heavy (non-hydrogen) atoms. The highest BCUT2D eigenvalue weighted by Crippen LogP contribution is 2.34. The maximum atomic E-state index is 13.6. The van der Waals surface area contributed by atoms with Gasteiger partial charge < -0.3 is 5.32 Å². The maximum absolute atomic E-state index is 13.6. The van der Waals surface area contributed by atoms with Crippen molar-refractivity contribution < 1.29 is 18.4 Å². The van der Waals surface area contributed by atoms with Crippen LogP contribution in [0.5, 0.6) is 0 Å². The van der Waals surface area contributed by atoms with E-state index in [1.54, 1.807) is 11.8 Å². The summed E-state index contributed by atoms with van der Waals surface area (Å²) in [7, 11) is 0. The fourth-order valence-corrected chi connectivity index (χ4v) is 3.82. The van der Waals surface area contributed by atoms with Gasteiger partial charge in [0, 0.05) is 11.3 Å². The Hall–Kier alpha value is -1.63. The highest BCUT2D eigenvalue weighted by atomic mass is 32.2. The van der Waals surface area contributed by atoms with Crippen molar-refractivity contribution in [2.45, 2.75) is 18.5 Å². The molecule has 2 heterocycles. The Morgan fingerprint density at radius 3 is 2.85 bits per heavy atom. The minimum absolute atomic E-state index is 0.00352. The lowest BCUT2D eigenvalue weighted by molar-refractivity contribution is -0.130. The van der Waals surface area contributed by atoms with Crippen molar-refractivity contribution in [2.24, 2.45) is 0 Å². The zero-order chi connectivity index (χ0) is 14.3. The third-order valence-corrected chi connectivity index (χ3v) is 4.82. The highest BCUT2D eigenvalue weighted by Gasteiger charge is 2.52. The molecule has 0 radical (unpaired) electrons. The number of nitrogens with one attached hydrogen (secondary N) is 1. The number of hydrogen-bond donors (Lipinski definition) is 1. The van der Waals surface area contributed by atoms with E-state index in [9.17, 15) is 18.4 Å². The zero-order valence-corrected chi connectivity index (χ0v) is 11.3. The lowest BCUT2D eigenvalue weighted by Gasteiger charge is -2.19. The number of rotatable bonds is 2. The molecule has 0 aliphatic carbocycles. The summed E-state index contributed by atoms with van der Waals surface area (Å²) in [4.78, 5) is 25.2. The molecule has 1 N–H and O–H groups in total. The van der Waals surface area contributed by atoms with Crippen molar-refractivity contribution >= 4 is 23.7 Å². The number of imide groups is 1. The van der Waals surface area contributed by atoms with Crippen LogP contribution in [0.4, 0.5) is 13.6 Å². The van der Waals surface area contributed by atoms with Crippen molar-refractivity contribution in [3.63, 3.8) is 0 Å². The van der Waals surface area contributed by atoms with Gasteiger partial charge in [-0.1, -0.05) is 12.1 Å². The van der Waals surface area contributed by atoms with Crippen LogP contribution in [-0.2, 0) is 11.3 Å². The zero-order valence-electron chi connectivity index (χ0n) is 10.5. The minimum Gasteiger partial charge on any atom is -0.322 e. The number of halogens is 2. The minimum atomic E-state index is -1.02. The summed E-state index contributed by atoms with van der Waals surface area (Å²) in [6.45, 7) is -0.249. The Labute approximate surface area is 118 Å². The predicted molar refractivity (Wildman–Crippen MR) is 70.1 cm³/mol. The molecule has 2 saturated heterocycles. The van der Waals surface area contributed by atoms with Crippen LogP contribution in [0.15, 0.2) is 18.2 Å². The van der Waals surface area contributed by atoms with Crippen molar-refractivity contribution in [3.05, 3.63) is 35.4 Å². The molecule has 3 rings (SSSR count). The van der Waals surface area contributed by atoms with Crippen molar-refractivity contribution in [1.29, 1.82) is 0 Å². The average molecular weight is 298 g/mol. The van der Waals surface area contributed by atoms with Gasteiger partial charge in [0.25, 0.3) is 5.91 Å². The summed E-state index contributed by atoms with van der Waals surface area (Å²) in [5.74, 6) is -1.03. The van der Waals surface area contributed by atoms with E-state index in [-0.39, 0.29) is 18.0 Å². The van der Waals surface area contributed by atoms with E-state index in [0.717, 1.165) is 16.7 Å². The summed E-state index contributed by atoms with van der Waals surface area (Å²) >= 11 is 1.59. The first-order chi connectivity index (χ1) is 9.53. The lowest BCUT2D eigenvalue weighted by Crippen LogP contribution is -2.46. The molecule has 4 nitrogen and oxygen atoms in total. The van der Waals surface area contributed by atoms with Crippen LogP contribution in [-0.4, -0.2) is 33.9 Å². The third-order valence-electron chi connectivity index (χ3n) is 3.63. The number of amides is 3. The molecular weight excluding hydrogens is 286 g/mol. The summed E-state index contributed by atoms with van der Waals surface area (Å²) in [6.07, 6.45) is 0.574. The molecule has 2 aliphatic heterocycles. The number of nitrogens with zero attached hydrogens (tertiary/aromatic N) is 1. The van der Waals surface area contributed by atoms with Gasteiger partial charge in [0.1, 0.15) is 5.54 Å². The van der Waals surface area contributed by atoms with Gasteiger partial charge in [-0.15, -0.1) is 0 Å². The van der Waals surface area contributed by atoms with Crippen molar-refractivity contribution in [2.75, 3.05) is 11.5 Å². The molecule has 0 saturated carbocycles. The Bertz CT molecular complexity index is 588. The molecule has 3 amide bonds. The van der Waals surface area contributed by atoms with Gasteiger partial charge in [0.15, 0.2) is 11.6 Å².